The minimum atomic E-state index is -0.206. The number of piperazine rings is 1. The first-order chi connectivity index (χ1) is 9.25. The number of halogens is 1. The van der Waals surface area contributed by atoms with Crippen molar-refractivity contribution in [2.24, 2.45) is 0 Å². The van der Waals surface area contributed by atoms with Crippen LogP contribution in [0.5, 0.6) is 0 Å². The largest absolute Gasteiger partial charge is 0.340 e. The Morgan fingerprint density at radius 2 is 1.95 bits per heavy atom. The summed E-state index contributed by atoms with van der Waals surface area (Å²) in [5, 5.41) is 3.23. The Hall–Kier alpha value is -1.07. The molecule has 5 heteroatoms. The molecule has 19 heavy (non-hydrogen) atoms. The summed E-state index contributed by atoms with van der Waals surface area (Å²) in [6, 6.07) is 6.53. The molecule has 0 saturated carbocycles. The molecule has 0 aromatic heterocycles. The molecule has 0 radical (unpaired) electrons. The quantitative estimate of drug-likeness (QED) is 0.837. The maximum atomic E-state index is 12.7. The maximum Gasteiger partial charge on any atom is 0.223 e. The summed E-state index contributed by atoms with van der Waals surface area (Å²) in [6.07, 6.45) is 0.589. The van der Waals surface area contributed by atoms with Gasteiger partial charge in [-0.25, -0.2) is 4.39 Å². The van der Waals surface area contributed by atoms with E-state index in [0.717, 1.165) is 43.2 Å². The molecule has 0 aliphatic carbocycles. The minimum absolute atomic E-state index is 0.206. The van der Waals surface area contributed by atoms with Crippen molar-refractivity contribution in [1.82, 2.24) is 10.2 Å². The molecule has 0 unspecified atom stereocenters. The monoisotopic (exact) mass is 282 g/mol. The van der Waals surface area contributed by atoms with Crippen molar-refractivity contribution in [3.8, 4) is 0 Å². The molecule has 1 fully saturated rings. The number of carbonyl (C=O) groups excluding carboxylic acids is 1. The molecule has 0 bridgehead atoms. The maximum absolute atomic E-state index is 12.7. The van der Waals surface area contributed by atoms with Crippen molar-refractivity contribution in [2.45, 2.75) is 12.2 Å². The van der Waals surface area contributed by atoms with Crippen LogP contribution >= 0.6 is 11.8 Å². The standard InChI is InChI=1S/C14H19FN2OS/c15-13-3-1-12(2-4-13)11-19-10-5-14(18)17-8-6-16-7-9-17/h1-4,16H,5-11H2. The Balaban J connectivity index is 1.63. The number of thioether (sulfide) groups is 1. The van der Waals surface area contributed by atoms with Gasteiger partial charge in [-0.3, -0.25) is 4.79 Å². The van der Waals surface area contributed by atoms with Crippen LogP contribution in [0.2, 0.25) is 0 Å². The zero-order valence-electron chi connectivity index (χ0n) is 10.9. The van der Waals surface area contributed by atoms with E-state index in [1.54, 1.807) is 23.9 Å². The predicted octanol–water partition coefficient (Wildman–Crippen LogP) is 1.88. The van der Waals surface area contributed by atoms with Crippen LogP contribution in [-0.2, 0) is 10.5 Å². The molecule has 1 heterocycles. The smallest absolute Gasteiger partial charge is 0.223 e. The Kier molecular flexibility index (Phi) is 5.66. The van der Waals surface area contributed by atoms with E-state index in [4.69, 9.17) is 0 Å². The summed E-state index contributed by atoms with van der Waals surface area (Å²) in [6.45, 7) is 3.44. The second-order valence-electron chi connectivity index (χ2n) is 4.56. The average Bonchev–Trinajstić information content (AvgIpc) is 2.46. The van der Waals surface area contributed by atoms with Gasteiger partial charge in [-0.15, -0.1) is 0 Å². The van der Waals surface area contributed by atoms with Gasteiger partial charge in [0.25, 0.3) is 0 Å². The van der Waals surface area contributed by atoms with E-state index in [0.29, 0.717) is 6.42 Å². The number of carbonyl (C=O) groups is 1. The van der Waals surface area contributed by atoms with E-state index < -0.39 is 0 Å². The first kappa shape index (κ1) is 14.3. The van der Waals surface area contributed by atoms with Gasteiger partial charge in [-0.1, -0.05) is 12.1 Å². The number of benzene rings is 1. The second kappa shape index (κ2) is 7.50. The molecule has 1 aliphatic heterocycles. The average molecular weight is 282 g/mol. The molecule has 1 saturated heterocycles. The number of rotatable bonds is 5. The zero-order chi connectivity index (χ0) is 13.5. The van der Waals surface area contributed by atoms with Gasteiger partial charge in [0.05, 0.1) is 0 Å². The minimum Gasteiger partial charge on any atom is -0.340 e. The Bertz CT molecular complexity index is 404. The fraction of sp³-hybridized carbons (Fsp3) is 0.500. The molecule has 0 spiro atoms. The molecule has 1 amide bonds. The van der Waals surface area contributed by atoms with Crippen LogP contribution in [0.25, 0.3) is 0 Å². The summed E-state index contributed by atoms with van der Waals surface area (Å²) >= 11 is 1.72. The van der Waals surface area contributed by atoms with Crippen molar-refractivity contribution in [3.63, 3.8) is 0 Å². The van der Waals surface area contributed by atoms with Gasteiger partial charge in [-0.2, -0.15) is 11.8 Å². The van der Waals surface area contributed by atoms with E-state index in [9.17, 15) is 9.18 Å². The van der Waals surface area contributed by atoms with Crippen LogP contribution in [0.4, 0.5) is 4.39 Å². The molecule has 0 atom stereocenters. The zero-order valence-corrected chi connectivity index (χ0v) is 11.7. The fourth-order valence-corrected chi connectivity index (χ4v) is 2.89. The SMILES string of the molecule is O=C(CCSCc1ccc(F)cc1)N1CCNCC1. The van der Waals surface area contributed by atoms with Gasteiger partial charge in [0, 0.05) is 44.1 Å². The number of nitrogens with zero attached hydrogens (tertiary/aromatic N) is 1. The van der Waals surface area contributed by atoms with Crippen LogP contribution in [-0.4, -0.2) is 42.7 Å². The van der Waals surface area contributed by atoms with E-state index in [1.807, 2.05) is 4.90 Å². The molecule has 1 aliphatic rings. The molecule has 104 valence electrons. The lowest BCUT2D eigenvalue weighted by Crippen LogP contribution is -2.46. The second-order valence-corrected chi connectivity index (χ2v) is 5.67. The third kappa shape index (κ3) is 4.84. The Morgan fingerprint density at radius 1 is 1.26 bits per heavy atom. The lowest BCUT2D eigenvalue weighted by molar-refractivity contribution is -0.131. The van der Waals surface area contributed by atoms with Crippen molar-refractivity contribution < 1.29 is 9.18 Å². The van der Waals surface area contributed by atoms with Gasteiger partial charge in [0.15, 0.2) is 0 Å². The van der Waals surface area contributed by atoms with Crippen molar-refractivity contribution in [1.29, 1.82) is 0 Å². The van der Waals surface area contributed by atoms with E-state index >= 15 is 0 Å². The van der Waals surface area contributed by atoms with Gasteiger partial charge in [0.2, 0.25) is 5.91 Å². The molecule has 1 aromatic carbocycles. The van der Waals surface area contributed by atoms with E-state index in [-0.39, 0.29) is 11.7 Å². The molecule has 1 N–H and O–H groups in total. The number of hydrogen-bond acceptors (Lipinski definition) is 3. The summed E-state index contributed by atoms with van der Waals surface area (Å²) in [7, 11) is 0. The van der Waals surface area contributed by atoms with Crippen LogP contribution in [0, 0.1) is 5.82 Å². The molecular weight excluding hydrogens is 263 g/mol. The van der Waals surface area contributed by atoms with Gasteiger partial charge < -0.3 is 10.2 Å². The van der Waals surface area contributed by atoms with Crippen molar-refractivity contribution >= 4 is 17.7 Å². The van der Waals surface area contributed by atoms with Gasteiger partial charge >= 0.3 is 0 Å². The molecule has 1 aromatic rings. The van der Waals surface area contributed by atoms with E-state index in [1.165, 1.54) is 12.1 Å². The van der Waals surface area contributed by atoms with Gasteiger partial charge in [0.1, 0.15) is 5.82 Å². The normalized spacial score (nSPS) is 15.5. The molecule has 2 rings (SSSR count). The number of hydrogen-bond donors (Lipinski definition) is 1. The summed E-state index contributed by atoms with van der Waals surface area (Å²) in [5.41, 5.74) is 1.10. The summed E-state index contributed by atoms with van der Waals surface area (Å²) < 4.78 is 12.7. The number of amides is 1. The highest BCUT2D eigenvalue weighted by Gasteiger charge is 2.15. The topological polar surface area (TPSA) is 32.3 Å². The third-order valence-corrected chi connectivity index (χ3v) is 4.14. The van der Waals surface area contributed by atoms with Gasteiger partial charge in [-0.05, 0) is 17.7 Å². The first-order valence-electron chi connectivity index (χ1n) is 6.56. The highest BCUT2D eigenvalue weighted by molar-refractivity contribution is 7.98. The highest BCUT2D eigenvalue weighted by atomic mass is 32.2. The third-order valence-electron chi connectivity index (χ3n) is 3.11. The molecule has 3 nitrogen and oxygen atoms in total. The van der Waals surface area contributed by atoms with Crippen molar-refractivity contribution in [2.75, 3.05) is 31.9 Å². The van der Waals surface area contributed by atoms with Crippen LogP contribution in [0.3, 0.4) is 0 Å². The lowest BCUT2D eigenvalue weighted by Gasteiger charge is -2.27. The Morgan fingerprint density at radius 3 is 2.63 bits per heavy atom. The highest BCUT2D eigenvalue weighted by Crippen LogP contribution is 2.14. The van der Waals surface area contributed by atoms with Crippen LogP contribution in [0.1, 0.15) is 12.0 Å². The molecular formula is C14H19FN2OS. The van der Waals surface area contributed by atoms with E-state index in [2.05, 4.69) is 5.32 Å². The fourth-order valence-electron chi connectivity index (χ4n) is 2.00. The summed E-state index contributed by atoms with van der Waals surface area (Å²) in [5.74, 6) is 1.69. The predicted molar refractivity (Wildman–Crippen MR) is 76.6 cm³/mol. The summed E-state index contributed by atoms with van der Waals surface area (Å²) in [4.78, 5) is 13.8. The van der Waals surface area contributed by atoms with Crippen molar-refractivity contribution in [3.05, 3.63) is 35.6 Å². The Labute approximate surface area is 117 Å². The number of nitrogens with one attached hydrogen (secondary N) is 1. The lowest BCUT2D eigenvalue weighted by atomic mass is 10.2. The van der Waals surface area contributed by atoms with Crippen LogP contribution in [0.15, 0.2) is 24.3 Å². The van der Waals surface area contributed by atoms with Crippen LogP contribution < -0.4 is 5.32 Å². The first-order valence-corrected chi connectivity index (χ1v) is 7.72.